The minimum atomic E-state index is -0.985. The average Bonchev–Trinajstić information content (AvgIpc) is 3.50. The van der Waals surface area contributed by atoms with Crippen LogP contribution in [0.2, 0.25) is 0 Å². The Labute approximate surface area is 184 Å². The van der Waals surface area contributed by atoms with Crippen LogP contribution < -0.4 is 10.6 Å². The van der Waals surface area contributed by atoms with Gasteiger partial charge in [0.05, 0.1) is 27.9 Å². The third kappa shape index (κ3) is 4.10. The zero-order chi connectivity index (χ0) is 21.4. The predicted octanol–water partition coefficient (Wildman–Crippen LogP) is 2.62. The summed E-state index contributed by atoms with van der Waals surface area (Å²) in [6.07, 6.45) is 4.91. The molecule has 0 amide bonds. The number of hydrogen-bond acceptors (Lipinski definition) is 9. The third-order valence-electron chi connectivity index (χ3n) is 6.36. The molecule has 8 nitrogen and oxygen atoms in total. The van der Waals surface area contributed by atoms with E-state index in [0.29, 0.717) is 24.2 Å². The molecule has 0 bridgehead atoms. The first kappa shape index (κ1) is 20.6. The van der Waals surface area contributed by atoms with Crippen molar-refractivity contribution in [3.05, 3.63) is 30.5 Å². The molecule has 4 atom stereocenters. The van der Waals surface area contributed by atoms with Gasteiger partial charge in [0, 0.05) is 24.8 Å². The second-order valence-corrected chi connectivity index (χ2v) is 9.51. The van der Waals surface area contributed by atoms with Gasteiger partial charge in [-0.05, 0) is 31.4 Å². The fourth-order valence-electron chi connectivity index (χ4n) is 4.58. The van der Waals surface area contributed by atoms with Gasteiger partial charge < -0.3 is 26.0 Å². The first-order chi connectivity index (χ1) is 15.1. The molecule has 1 aromatic carbocycles. The molecule has 5 rings (SSSR count). The maximum atomic E-state index is 10.5. The van der Waals surface area contributed by atoms with Crippen LogP contribution in [0.3, 0.4) is 0 Å². The maximum Gasteiger partial charge on any atom is 0.224 e. The molecule has 5 N–H and O–H groups in total. The Bertz CT molecular complexity index is 1020. The summed E-state index contributed by atoms with van der Waals surface area (Å²) >= 11 is 1.56. The largest absolute Gasteiger partial charge is 0.396 e. The highest BCUT2D eigenvalue weighted by Crippen LogP contribution is 2.36. The molecule has 9 heteroatoms. The molecule has 2 saturated carbocycles. The van der Waals surface area contributed by atoms with E-state index in [4.69, 9.17) is 9.97 Å². The van der Waals surface area contributed by atoms with E-state index in [0.717, 1.165) is 33.6 Å². The van der Waals surface area contributed by atoms with E-state index in [9.17, 15) is 15.3 Å². The van der Waals surface area contributed by atoms with Crippen LogP contribution in [0.5, 0.6) is 0 Å². The van der Waals surface area contributed by atoms with Gasteiger partial charge in [0.1, 0.15) is 16.9 Å². The summed E-state index contributed by atoms with van der Waals surface area (Å²) in [5.41, 5.74) is 1.67. The van der Waals surface area contributed by atoms with E-state index in [2.05, 4.69) is 15.6 Å². The molecule has 2 aliphatic carbocycles. The second kappa shape index (κ2) is 8.66. The van der Waals surface area contributed by atoms with Gasteiger partial charge >= 0.3 is 0 Å². The number of nitrogens with zero attached hydrogens (tertiary/aromatic N) is 3. The number of hydrogen-bond donors (Lipinski definition) is 5. The summed E-state index contributed by atoms with van der Waals surface area (Å²) < 4.78 is 1.08. The van der Waals surface area contributed by atoms with Gasteiger partial charge in [0.25, 0.3) is 0 Å². The van der Waals surface area contributed by atoms with Crippen LogP contribution >= 0.6 is 11.3 Å². The molecule has 2 aromatic heterocycles. The van der Waals surface area contributed by atoms with E-state index in [1.807, 2.05) is 24.3 Å². The molecule has 164 valence electrons. The number of aromatic nitrogens is 3. The fraction of sp³-hybridized carbons (Fsp3) is 0.500. The van der Waals surface area contributed by atoms with Crippen LogP contribution in [0.1, 0.15) is 32.1 Å². The van der Waals surface area contributed by atoms with Crippen LogP contribution in [-0.2, 0) is 0 Å². The van der Waals surface area contributed by atoms with Gasteiger partial charge in [-0.15, -0.1) is 11.3 Å². The number of aliphatic hydroxyl groups is 3. The summed E-state index contributed by atoms with van der Waals surface area (Å²) in [5.74, 6) is 0.756. The normalized spacial score (nSPS) is 26.5. The van der Waals surface area contributed by atoms with Gasteiger partial charge in [-0.2, -0.15) is 4.98 Å². The lowest BCUT2D eigenvalue weighted by molar-refractivity contribution is 0.00446. The zero-order valence-electron chi connectivity index (χ0n) is 17.1. The van der Waals surface area contributed by atoms with Gasteiger partial charge in [-0.1, -0.05) is 25.0 Å². The highest BCUT2D eigenvalue weighted by atomic mass is 32.1. The van der Waals surface area contributed by atoms with Crippen LogP contribution in [0.25, 0.3) is 20.8 Å². The van der Waals surface area contributed by atoms with Crippen molar-refractivity contribution >= 4 is 33.3 Å². The van der Waals surface area contributed by atoms with Gasteiger partial charge in [-0.3, -0.25) is 0 Å². The predicted molar refractivity (Wildman–Crippen MR) is 121 cm³/mol. The monoisotopic (exact) mass is 441 g/mol. The zero-order valence-corrected chi connectivity index (χ0v) is 17.9. The molecular weight excluding hydrogens is 414 g/mol. The lowest BCUT2D eigenvalue weighted by Crippen LogP contribution is -2.35. The maximum absolute atomic E-state index is 10.5. The third-order valence-corrected chi connectivity index (χ3v) is 7.43. The number of anilines is 2. The Kier molecular flexibility index (Phi) is 5.75. The SMILES string of the molecule is OC[C@H]1C[C@@H](Nc2nc(NC3CCCC3)ncc2-c2nc3ccccc3s2)[C@H](O)[C@@H]1O. The van der Waals surface area contributed by atoms with E-state index < -0.39 is 18.2 Å². The topological polar surface area (TPSA) is 123 Å². The number of rotatable bonds is 6. The van der Waals surface area contributed by atoms with E-state index in [-0.39, 0.29) is 12.5 Å². The van der Waals surface area contributed by atoms with E-state index >= 15 is 0 Å². The lowest BCUT2D eigenvalue weighted by atomic mass is 10.1. The highest BCUT2D eigenvalue weighted by Gasteiger charge is 2.41. The molecule has 0 unspecified atom stereocenters. The quantitative estimate of drug-likeness (QED) is 0.396. The van der Waals surface area contributed by atoms with Gasteiger partial charge in [-0.25, -0.2) is 9.97 Å². The van der Waals surface area contributed by atoms with Crippen LogP contribution in [-0.4, -0.2) is 61.2 Å². The van der Waals surface area contributed by atoms with Crippen LogP contribution in [0.15, 0.2) is 30.5 Å². The Morgan fingerprint density at radius 3 is 2.58 bits per heavy atom. The van der Waals surface area contributed by atoms with E-state index in [1.54, 1.807) is 17.5 Å². The Morgan fingerprint density at radius 2 is 1.84 bits per heavy atom. The van der Waals surface area contributed by atoms with E-state index in [1.165, 1.54) is 12.8 Å². The van der Waals surface area contributed by atoms with Crippen molar-refractivity contribution in [2.75, 3.05) is 17.2 Å². The first-order valence-corrected chi connectivity index (χ1v) is 11.7. The van der Waals surface area contributed by atoms with Crippen molar-refractivity contribution in [3.8, 4) is 10.6 Å². The molecule has 0 spiro atoms. The lowest BCUT2D eigenvalue weighted by Gasteiger charge is -2.21. The summed E-state index contributed by atoms with van der Waals surface area (Å²) in [6, 6.07) is 7.90. The minimum absolute atomic E-state index is 0.167. The molecule has 2 aliphatic rings. The molecule has 0 radical (unpaired) electrons. The average molecular weight is 442 g/mol. The minimum Gasteiger partial charge on any atom is -0.396 e. The highest BCUT2D eigenvalue weighted by molar-refractivity contribution is 7.21. The molecule has 3 aromatic rings. The molecule has 0 aliphatic heterocycles. The van der Waals surface area contributed by atoms with Crippen molar-refractivity contribution in [3.63, 3.8) is 0 Å². The molecule has 2 heterocycles. The number of benzene rings is 1. The molecule has 2 fully saturated rings. The van der Waals surface area contributed by atoms with Gasteiger partial charge in [0.2, 0.25) is 5.95 Å². The molecule has 31 heavy (non-hydrogen) atoms. The number of para-hydroxylation sites is 1. The Morgan fingerprint density at radius 1 is 1.03 bits per heavy atom. The second-order valence-electron chi connectivity index (χ2n) is 8.48. The van der Waals surface area contributed by atoms with Crippen molar-refractivity contribution in [2.45, 2.75) is 56.4 Å². The van der Waals surface area contributed by atoms with Crippen LogP contribution in [0, 0.1) is 5.92 Å². The number of fused-ring (bicyclic) bond motifs is 1. The summed E-state index contributed by atoms with van der Waals surface area (Å²) in [6.45, 7) is -0.167. The fourth-order valence-corrected chi connectivity index (χ4v) is 5.56. The standard InChI is InChI=1S/C22H27N5O3S/c28-11-12-9-16(19(30)18(12)29)25-20-14(21-26-15-7-3-4-8-17(15)31-21)10-23-22(27-20)24-13-5-1-2-6-13/h3-4,7-8,10,12-13,16,18-19,28-30H,1-2,5-6,9,11H2,(H2,23,24,25,27)/t12-,16-,18-,19+/m1/s1. The molecule has 0 saturated heterocycles. The number of nitrogens with one attached hydrogen (secondary N) is 2. The van der Waals surface area contributed by atoms with Crippen LogP contribution in [0.4, 0.5) is 11.8 Å². The summed E-state index contributed by atoms with van der Waals surface area (Å²) in [7, 11) is 0. The number of aliphatic hydroxyl groups excluding tert-OH is 3. The Balaban J connectivity index is 1.49. The van der Waals surface area contributed by atoms with Crippen molar-refractivity contribution in [2.24, 2.45) is 5.92 Å². The molecular formula is C22H27N5O3S. The first-order valence-electron chi connectivity index (χ1n) is 10.9. The van der Waals surface area contributed by atoms with Gasteiger partial charge in [0.15, 0.2) is 0 Å². The number of thiazole rings is 1. The van der Waals surface area contributed by atoms with Crippen molar-refractivity contribution in [1.82, 2.24) is 15.0 Å². The van der Waals surface area contributed by atoms with Crippen molar-refractivity contribution in [1.29, 1.82) is 0 Å². The summed E-state index contributed by atoms with van der Waals surface area (Å²) in [5, 5.41) is 37.8. The Hall–Kier alpha value is -2.33. The summed E-state index contributed by atoms with van der Waals surface area (Å²) in [4.78, 5) is 14.0. The smallest absolute Gasteiger partial charge is 0.224 e. The van der Waals surface area contributed by atoms with Crippen molar-refractivity contribution < 1.29 is 15.3 Å².